The fourth-order valence-electron chi connectivity index (χ4n) is 4.49. The van der Waals surface area contributed by atoms with Gasteiger partial charge in [0.1, 0.15) is 0 Å². The van der Waals surface area contributed by atoms with Gasteiger partial charge in [0, 0.05) is 16.2 Å². The van der Waals surface area contributed by atoms with Crippen LogP contribution in [0.1, 0.15) is 42.5 Å². The first-order chi connectivity index (χ1) is 17.5. The number of aromatic nitrogens is 2. The second-order valence-electron chi connectivity index (χ2n) is 8.80. The molecule has 1 aliphatic rings. The van der Waals surface area contributed by atoms with Crippen molar-refractivity contribution in [3.8, 4) is 11.4 Å². The molecule has 0 spiro atoms. The number of carbonyl (C=O) groups excluding carboxylic acids is 1. The van der Waals surface area contributed by atoms with Gasteiger partial charge in [-0.15, -0.1) is 11.8 Å². The minimum absolute atomic E-state index is 0.196. The summed E-state index contributed by atoms with van der Waals surface area (Å²) < 4.78 is 5.82. The number of nitrogens with zero attached hydrogens (tertiary/aromatic N) is 3. The minimum atomic E-state index is -0.426. The molecule has 7 heteroatoms. The highest BCUT2D eigenvalue weighted by Gasteiger charge is 2.36. The largest absolute Gasteiger partial charge is 0.334 e. The molecular weight excluding hydrogens is 468 g/mol. The van der Waals surface area contributed by atoms with E-state index < -0.39 is 6.04 Å². The number of aryl methyl sites for hydroxylation is 2. The molecule has 0 saturated heterocycles. The number of benzene rings is 3. The second-order valence-corrected chi connectivity index (χ2v) is 9.68. The van der Waals surface area contributed by atoms with Crippen LogP contribution >= 0.6 is 11.8 Å². The summed E-state index contributed by atoms with van der Waals surface area (Å²) in [6, 6.07) is 23.6. The zero-order valence-corrected chi connectivity index (χ0v) is 21.6. The Labute approximate surface area is 215 Å². The van der Waals surface area contributed by atoms with Gasteiger partial charge in [-0.05, 0) is 68.0 Å². The standard InChI is InChI=1S/C29H28N4O2S/c1-5-20-9-13-23(14-10-20)33-19(3)25(26(30-29(33)34)21-11-15-24(36-4)16-12-21)28-31-27(32-35-28)22-8-6-7-18(2)17-22/h6-17,26H,5H2,1-4H3,(H,30,34). The maximum Gasteiger partial charge on any atom is 0.326 e. The van der Waals surface area contributed by atoms with E-state index in [1.165, 1.54) is 5.56 Å². The van der Waals surface area contributed by atoms with Crippen LogP contribution in [0.3, 0.4) is 0 Å². The molecule has 1 aromatic heterocycles. The summed E-state index contributed by atoms with van der Waals surface area (Å²) in [7, 11) is 0. The highest BCUT2D eigenvalue weighted by Crippen LogP contribution is 2.39. The molecule has 0 saturated carbocycles. The number of hydrogen-bond acceptors (Lipinski definition) is 5. The smallest absolute Gasteiger partial charge is 0.326 e. The Morgan fingerprint density at radius 2 is 1.78 bits per heavy atom. The number of rotatable bonds is 6. The van der Waals surface area contributed by atoms with Gasteiger partial charge in [-0.25, -0.2) is 4.79 Å². The number of thioether (sulfide) groups is 1. The first-order valence-electron chi connectivity index (χ1n) is 11.9. The summed E-state index contributed by atoms with van der Waals surface area (Å²) in [6.45, 7) is 6.07. The van der Waals surface area contributed by atoms with Gasteiger partial charge >= 0.3 is 6.03 Å². The van der Waals surface area contributed by atoms with Crippen molar-refractivity contribution in [2.45, 2.75) is 38.1 Å². The van der Waals surface area contributed by atoms with Crippen LogP contribution in [0.15, 0.2) is 87.9 Å². The van der Waals surface area contributed by atoms with E-state index in [1.807, 2.05) is 80.8 Å². The lowest BCUT2D eigenvalue weighted by atomic mass is 9.94. The van der Waals surface area contributed by atoms with Gasteiger partial charge in [0.25, 0.3) is 5.89 Å². The molecule has 1 N–H and O–H groups in total. The van der Waals surface area contributed by atoms with Crippen molar-refractivity contribution in [1.29, 1.82) is 0 Å². The van der Waals surface area contributed by atoms with Gasteiger partial charge in [-0.3, -0.25) is 4.90 Å². The lowest BCUT2D eigenvalue weighted by molar-refractivity contribution is 0.244. The monoisotopic (exact) mass is 496 g/mol. The fraction of sp³-hybridized carbons (Fsp3) is 0.207. The number of anilines is 1. The third-order valence-electron chi connectivity index (χ3n) is 6.47. The van der Waals surface area contributed by atoms with E-state index in [4.69, 9.17) is 9.51 Å². The zero-order valence-electron chi connectivity index (χ0n) is 20.8. The number of hydrogen-bond donors (Lipinski definition) is 1. The van der Waals surface area contributed by atoms with Gasteiger partial charge in [0.15, 0.2) is 0 Å². The first-order valence-corrected chi connectivity index (χ1v) is 13.2. The Hall–Kier alpha value is -3.84. The number of amides is 2. The van der Waals surface area contributed by atoms with Gasteiger partial charge < -0.3 is 9.84 Å². The van der Waals surface area contributed by atoms with Crippen molar-refractivity contribution in [3.05, 3.63) is 101 Å². The Kier molecular flexibility index (Phi) is 6.65. The van der Waals surface area contributed by atoms with E-state index in [1.54, 1.807) is 16.7 Å². The van der Waals surface area contributed by atoms with Crippen LogP contribution in [0.2, 0.25) is 0 Å². The Morgan fingerprint density at radius 3 is 2.44 bits per heavy atom. The molecule has 3 aromatic carbocycles. The molecule has 2 heterocycles. The molecule has 0 bridgehead atoms. The number of allylic oxidation sites excluding steroid dienone is 1. The van der Waals surface area contributed by atoms with Crippen LogP contribution in [0.25, 0.3) is 17.0 Å². The van der Waals surface area contributed by atoms with Crippen LogP contribution in [0.4, 0.5) is 10.5 Å². The molecule has 1 aliphatic heterocycles. The topological polar surface area (TPSA) is 71.3 Å². The van der Waals surface area contributed by atoms with Crippen LogP contribution in [0, 0.1) is 6.92 Å². The Morgan fingerprint density at radius 1 is 1.03 bits per heavy atom. The van der Waals surface area contributed by atoms with Crippen LogP contribution in [0.5, 0.6) is 0 Å². The van der Waals surface area contributed by atoms with E-state index in [0.29, 0.717) is 11.7 Å². The van der Waals surface area contributed by atoms with Crippen molar-refractivity contribution < 1.29 is 9.32 Å². The van der Waals surface area contributed by atoms with E-state index in [-0.39, 0.29) is 6.03 Å². The van der Waals surface area contributed by atoms with E-state index in [9.17, 15) is 4.79 Å². The van der Waals surface area contributed by atoms with Crippen molar-refractivity contribution >= 4 is 29.1 Å². The summed E-state index contributed by atoms with van der Waals surface area (Å²) in [6.07, 6.45) is 2.98. The summed E-state index contributed by atoms with van der Waals surface area (Å²) in [5.41, 5.74) is 6.48. The maximum atomic E-state index is 13.4. The van der Waals surface area contributed by atoms with Crippen molar-refractivity contribution in [2.24, 2.45) is 0 Å². The molecule has 5 rings (SSSR count). The van der Waals surface area contributed by atoms with Crippen LogP contribution < -0.4 is 10.2 Å². The Bertz CT molecular complexity index is 1420. The minimum Gasteiger partial charge on any atom is -0.334 e. The third kappa shape index (κ3) is 4.54. The van der Waals surface area contributed by atoms with Gasteiger partial charge in [-0.2, -0.15) is 4.98 Å². The lowest BCUT2D eigenvalue weighted by Gasteiger charge is -2.35. The second kappa shape index (κ2) is 10.0. The molecule has 36 heavy (non-hydrogen) atoms. The lowest BCUT2D eigenvalue weighted by Crippen LogP contribution is -2.46. The molecular formula is C29H28N4O2S. The van der Waals surface area contributed by atoms with E-state index in [0.717, 1.165) is 45.0 Å². The highest BCUT2D eigenvalue weighted by molar-refractivity contribution is 7.98. The highest BCUT2D eigenvalue weighted by atomic mass is 32.2. The summed E-state index contributed by atoms with van der Waals surface area (Å²) in [5, 5.41) is 7.46. The van der Waals surface area contributed by atoms with Crippen molar-refractivity contribution in [1.82, 2.24) is 15.5 Å². The SMILES string of the molecule is CCc1ccc(N2C(=O)NC(c3ccc(SC)cc3)C(c3nc(-c4cccc(C)c4)no3)=C2C)cc1. The zero-order chi connectivity index (χ0) is 25.2. The summed E-state index contributed by atoms with van der Waals surface area (Å²) >= 11 is 1.68. The first kappa shape index (κ1) is 23.9. The molecule has 2 amide bonds. The number of nitrogens with one attached hydrogen (secondary N) is 1. The van der Waals surface area contributed by atoms with E-state index in [2.05, 4.69) is 29.5 Å². The summed E-state index contributed by atoms with van der Waals surface area (Å²) in [5.74, 6) is 0.902. The average Bonchev–Trinajstić information content (AvgIpc) is 3.39. The molecule has 1 atom stereocenters. The van der Waals surface area contributed by atoms with Gasteiger partial charge in [0.05, 0.1) is 17.3 Å². The van der Waals surface area contributed by atoms with Crippen LogP contribution in [-0.4, -0.2) is 22.4 Å². The molecule has 6 nitrogen and oxygen atoms in total. The molecule has 4 aromatic rings. The number of carbonyl (C=O) groups is 1. The molecule has 0 radical (unpaired) electrons. The molecule has 0 aliphatic carbocycles. The summed E-state index contributed by atoms with van der Waals surface area (Å²) in [4.78, 5) is 21.0. The van der Waals surface area contributed by atoms with Crippen LogP contribution in [-0.2, 0) is 6.42 Å². The van der Waals surface area contributed by atoms with Crippen molar-refractivity contribution in [2.75, 3.05) is 11.2 Å². The van der Waals surface area contributed by atoms with Gasteiger partial charge in [0.2, 0.25) is 5.82 Å². The third-order valence-corrected chi connectivity index (χ3v) is 7.21. The average molecular weight is 497 g/mol. The predicted molar refractivity (Wildman–Crippen MR) is 145 cm³/mol. The van der Waals surface area contributed by atoms with Gasteiger partial charge in [-0.1, -0.05) is 60.1 Å². The number of urea groups is 1. The Balaban J connectivity index is 1.63. The molecule has 1 unspecified atom stereocenters. The predicted octanol–water partition coefficient (Wildman–Crippen LogP) is 7.03. The quantitative estimate of drug-likeness (QED) is 0.290. The normalized spacial score (nSPS) is 15.8. The fourth-order valence-corrected chi connectivity index (χ4v) is 4.90. The van der Waals surface area contributed by atoms with E-state index >= 15 is 0 Å². The molecule has 0 fully saturated rings. The van der Waals surface area contributed by atoms with Crippen molar-refractivity contribution in [3.63, 3.8) is 0 Å². The maximum absolute atomic E-state index is 13.4. The molecule has 182 valence electrons.